The molecule has 0 amide bonds. The molecule has 12 heteroatoms. The monoisotopic (exact) mass is 439 g/mol. The summed E-state index contributed by atoms with van der Waals surface area (Å²) in [5.41, 5.74) is -0.136. The Morgan fingerprint density at radius 1 is 0.935 bits per heavy atom. The molecule has 2 saturated heterocycles. The van der Waals surface area contributed by atoms with Crippen LogP contribution in [-0.4, -0.2) is 57.3 Å². The third kappa shape index (κ3) is 3.74. The Labute approximate surface area is 173 Å². The molecule has 0 aromatic carbocycles. The first-order valence-electron chi connectivity index (χ1n) is 9.79. The van der Waals surface area contributed by atoms with E-state index in [2.05, 4.69) is 20.1 Å². The van der Waals surface area contributed by atoms with Crippen LogP contribution < -0.4 is 9.80 Å². The second kappa shape index (κ2) is 7.27. The number of pyridine rings is 1. The van der Waals surface area contributed by atoms with Crippen molar-refractivity contribution >= 4 is 22.8 Å². The summed E-state index contributed by atoms with van der Waals surface area (Å²) in [6.45, 7) is 1.95. The van der Waals surface area contributed by atoms with E-state index in [1.165, 1.54) is 12.3 Å². The predicted octanol–water partition coefficient (Wildman–Crippen LogP) is 3.08. The fourth-order valence-corrected chi connectivity index (χ4v) is 4.38. The number of halogens is 5. The SMILES string of the molecule is FC(F)Cn1ncc2ncc(N3C[C@H]4CN(c5cccc(C(F)(F)F)n5)C[C@H]4C3)nc21. The molecule has 5 rings (SSSR count). The Balaban J connectivity index is 1.30. The fourth-order valence-electron chi connectivity index (χ4n) is 4.38. The van der Waals surface area contributed by atoms with Gasteiger partial charge in [0.1, 0.15) is 29.4 Å². The Hall–Kier alpha value is -3.05. The number of alkyl halides is 5. The maximum atomic E-state index is 13.0. The maximum Gasteiger partial charge on any atom is 0.433 e. The first-order chi connectivity index (χ1) is 14.8. The van der Waals surface area contributed by atoms with Crippen molar-refractivity contribution in [3.8, 4) is 0 Å². The molecule has 0 N–H and O–H groups in total. The van der Waals surface area contributed by atoms with Crippen molar-refractivity contribution in [3.05, 3.63) is 36.3 Å². The van der Waals surface area contributed by atoms with E-state index in [-0.39, 0.29) is 11.8 Å². The largest absolute Gasteiger partial charge is 0.433 e. The van der Waals surface area contributed by atoms with Gasteiger partial charge in [-0.3, -0.25) is 0 Å². The molecule has 7 nitrogen and oxygen atoms in total. The van der Waals surface area contributed by atoms with Crippen LogP contribution in [0.1, 0.15) is 5.69 Å². The van der Waals surface area contributed by atoms with Gasteiger partial charge >= 0.3 is 6.18 Å². The van der Waals surface area contributed by atoms with Crippen molar-refractivity contribution in [1.29, 1.82) is 0 Å². The van der Waals surface area contributed by atoms with Crippen LogP contribution in [0.15, 0.2) is 30.6 Å². The van der Waals surface area contributed by atoms with Gasteiger partial charge < -0.3 is 9.80 Å². The molecule has 2 aliphatic rings. The van der Waals surface area contributed by atoms with Gasteiger partial charge in [-0.15, -0.1) is 0 Å². The first-order valence-corrected chi connectivity index (χ1v) is 9.79. The second-order valence-electron chi connectivity index (χ2n) is 7.86. The summed E-state index contributed by atoms with van der Waals surface area (Å²) in [5.74, 6) is 1.38. The molecule has 3 aromatic rings. The number of anilines is 2. The highest BCUT2D eigenvalue weighted by Crippen LogP contribution is 2.36. The van der Waals surface area contributed by atoms with Gasteiger partial charge in [0.25, 0.3) is 6.43 Å². The zero-order valence-corrected chi connectivity index (χ0v) is 16.2. The number of aromatic nitrogens is 5. The van der Waals surface area contributed by atoms with Crippen LogP contribution >= 0.6 is 0 Å². The summed E-state index contributed by atoms with van der Waals surface area (Å²) in [5, 5.41) is 3.93. The van der Waals surface area contributed by atoms with Crippen LogP contribution in [0.25, 0.3) is 11.2 Å². The van der Waals surface area contributed by atoms with Gasteiger partial charge in [0, 0.05) is 38.0 Å². The highest BCUT2D eigenvalue weighted by Gasteiger charge is 2.41. The fraction of sp³-hybridized carbons (Fsp3) is 0.474. The van der Waals surface area contributed by atoms with Crippen LogP contribution in [0.4, 0.5) is 33.6 Å². The molecule has 2 atom stereocenters. The van der Waals surface area contributed by atoms with Crippen molar-refractivity contribution in [3.63, 3.8) is 0 Å². The van der Waals surface area contributed by atoms with Crippen molar-refractivity contribution in [1.82, 2.24) is 24.7 Å². The molecular weight excluding hydrogens is 421 g/mol. The number of nitrogens with zero attached hydrogens (tertiary/aromatic N) is 7. The molecule has 0 radical (unpaired) electrons. The number of fused-ring (bicyclic) bond motifs is 2. The molecule has 5 heterocycles. The Morgan fingerprint density at radius 3 is 2.26 bits per heavy atom. The van der Waals surface area contributed by atoms with E-state index in [4.69, 9.17) is 0 Å². The Kier molecular flexibility index (Phi) is 4.67. The molecule has 0 bridgehead atoms. The van der Waals surface area contributed by atoms with Gasteiger partial charge in [0.05, 0.1) is 12.4 Å². The number of hydrogen-bond acceptors (Lipinski definition) is 6. The summed E-state index contributed by atoms with van der Waals surface area (Å²) in [7, 11) is 0. The smallest absolute Gasteiger partial charge is 0.356 e. The van der Waals surface area contributed by atoms with Crippen molar-refractivity contribution in [2.45, 2.75) is 19.1 Å². The standard InChI is InChI=1S/C19H18F5N7/c20-15(21)10-31-18-13(4-26-31)25-5-17(28-18)30-8-11-6-29(7-12(11)9-30)16-3-1-2-14(27-16)19(22,23)24/h1-5,11-12,15H,6-10H2/t11-,12+. The van der Waals surface area contributed by atoms with Crippen molar-refractivity contribution in [2.24, 2.45) is 11.8 Å². The minimum absolute atomic E-state index is 0.236. The number of hydrogen-bond donors (Lipinski definition) is 0. The van der Waals surface area contributed by atoms with E-state index in [1.807, 2.05) is 9.80 Å². The molecule has 31 heavy (non-hydrogen) atoms. The average molecular weight is 439 g/mol. The molecule has 3 aromatic heterocycles. The van der Waals surface area contributed by atoms with E-state index >= 15 is 0 Å². The van der Waals surface area contributed by atoms with Gasteiger partial charge in [0.15, 0.2) is 5.65 Å². The molecule has 164 valence electrons. The van der Waals surface area contributed by atoms with E-state index in [9.17, 15) is 22.0 Å². The summed E-state index contributed by atoms with van der Waals surface area (Å²) >= 11 is 0. The van der Waals surface area contributed by atoms with Gasteiger partial charge in [-0.25, -0.2) is 28.4 Å². The molecule has 2 aliphatic heterocycles. The molecule has 0 aliphatic carbocycles. The van der Waals surface area contributed by atoms with Crippen LogP contribution in [0.3, 0.4) is 0 Å². The second-order valence-corrected chi connectivity index (χ2v) is 7.86. The van der Waals surface area contributed by atoms with E-state index in [0.29, 0.717) is 49.0 Å². The predicted molar refractivity (Wildman–Crippen MR) is 102 cm³/mol. The van der Waals surface area contributed by atoms with Crippen LogP contribution in [0.5, 0.6) is 0 Å². The molecule has 0 spiro atoms. The zero-order valence-electron chi connectivity index (χ0n) is 16.2. The normalized spacial score (nSPS) is 21.5. The average Bonchev–Trinajstić information content (AvgIpc) is 3.40. The highest BCUT2D eigenvalue weighted by atomic mass is 19.4. The van der Waals surface area contributed by atoms with E-state index in [1.54, 1.807) is 12.3 Å². The van der Waals surface area contributed by atoms with Crippen LogP contribution in [0.2, 0.25) is 0 Å². The molecular formula is C19H18F5N7. The van der Waals surface area contributed by atoms with Gasteiger partial charge in [-0.2, -0.15) is 18.3 Å². The summed E-state index contributed by atoms with van der Waals surface area (Å²) < 4.78 is 65.6. The van der Waals surface area contributed by atoms with Crippen molar-refractivity contribution < 1.29 is 22.0 Å². The third-order valence-corrected chi connectivity index (χ3v) is 5.80. The lowest BCUT2D eigenvalue weighted by Crippen LogP contribution is -2.30. The summed E-state index contributed by atoms with van der Waals surface area (Å²) in [6, 6.07) is 3.94. The van der Waals surface area contributed by atoms with Crippen molar-refractivity contribution in [2.75, 3.05) is 36.0 Å². The summed E-state index contributed by atoms with van der Waals surface area (Å²) in [4.78, 5) is 16.5. The third-order valence-electron chi connectivity index (χ3n) is 5.80. The lowest BCUT2D eigenvalue weighted by Gasteiger charge is -2.23. The minimum Gasteiger partial charge on any atom is -0.356 e. The lowest BCUT2D eigenvalue weighted by atomic mass is 10.0. The zero-order chi connectivity index (χ0) is 21.8. The number of rotatable bonds is 4. The quantitative estimate of drug-likeness (QED) is 0.583. The topological polar surface area (TPSA) is 63.0 Å². The van der Waals surface area contributed by atoms with E-state index < -0.39 is 24.8 Å². The molecule has 0 unspecified atom stereocenters. The lowest BCUT2D eigenvalue weighted by molar-refractivity contribution is -0.141. The van der Waals surface area contributed by atoms with Gasteiger partial charge in [-0.1, -0.05) is 6.07 Å². The molecule has 2 fully saturated rings. The Morgan fingerprint density at radius 2 is 1.61 bits per heavy atom. The van der Waals surface area contributed by atoms with E-state index in [0.717, 1.165) is 10.7 Å². The van der Waals surface area contributed by atoms with Gasteiger partial charge in [-0.05, 0) is 12.1 Å². The highest BCUT2D eigenvalue weighted by molar-refractivity contribution is 5.71. The summed E-state index contributed by atoms with van der Waals surface area (Å²) in [6.07, 6.45) is -4.01. The Bertz CT molecular complexity index is 1080. The van der Waals surface area contributed by atoms with Gasteiger partial charge in [0.2, 0.25) is 0 Å². The first kappa shape index (κ1) is 19.9. The minimum atomic E-state index is -4.48. The maximum absolute atomic E-state index is 13.0. The van der Waals surface area contributed by atoms with Crippen LogP contribution in [0, 0.1) is 11.8 Å². The molecule has 0 saturated carbocycles. The van der Waals surface area contributed by atoms with Crippen LogP contribution in [-0.2, 0) is 12.7 Å².